The first-order valence-corrected chi connectivity index (χ1v) is 10.6. The summed E-state index contributed by atoms with van der Waals surface area (Å²) in [5, 5.41) is 7.75. The minimum absolute atomic E-state index is 0.0612. The number of hydrogen-bond acceptors (Lipinski definition) is 3. The third-order valence-electron chi connectivity index (χ3n) is 5.92. The van der Waals surface area contributed by atoms with Gasteiger partial charge in [0.25, 0.3) is 0 Å². The molecule has 1 unspecified atom stereocenters. The largest absolute Gasteiger partial charge is 0.488 e. The Bertz CT molecular complexity index is 840. The van der Waals surface area contributed by atoms with Gasteiger partial charge in [-0.05, 0) is 36.1 Å². The van der Waals surface area contributed by atoms with E-state index in [4.69, 9.17) is 21.1 Å². The van der Waals surface area contributed by atoms with Crippen LogP contribution in [0.1, 0.15) is 24.0 Å². The lowest BCUT2D eigenvalue weighted by molar-refractivity contribution is 0.0514. The van der Waals surface area contributed by atoms with Crippen molar-refractivity contribution in [2.24, 2.45) is 4.99 Å². The molecule has 2 N–H and O–H groups in total. The van der Waals surface area contributed by atoms with Crippen LogP contribution in [0.2, 0.25) is 5.02 Å². The van der Waals surface area contributed by atoms with Gasteiger partial charge >= 0.3 is 0 Å². The van der Waals surface area contributed by atoms with Crippen molar-refractivity contribution in [3.63, 3.8) is 0 Å². The van der Waals surface area contributed by atoms with Crippen LogP contribution in [-0.2, 0) is 16.6 Å². The molecule has 1 fully saturated rings. The van der Waals surface area contributed by atoms with E-state index in [0.29, 0.717) is 6.54 Å². The van der Waals surface area contributed by atoms with Crippen LogP contribution in [0, 0.1) is 0 Å². The normalized spacial score (nSPS) is 20.6. The fourth-order valence-corrected chi connectivity index (χ4v) is 4.58. The molecule has 6 heteroatoms. The van der Waals surface area contributed by atoms with Gasteiger partial charge < -0.3 is 20.1 Å². The molecule has 2 aliphatic heterocycles. The van der Waals surface area contributed by atoms with E-state index < -0.39 is 0 Å². The molecule has 1 atom stereocenters. The predicted molar refractivity (Wildman–Crippen MR) is 117 cm³/mol. The van der Waals surface area contributed by atoms with Crippen molar-refractivity contribution in [2.45, 2.75) is 30.8 Å². The van der Waals surface area contributed by atoms with Crippen LogP contribution < -0.4 is 15.4 Å². The number of rotatable bonds is 5. The highest BCUT2D eigenvalue weighted by atomic mass is 35.5. The third kappa shape index (κ3) is 4.51. The highest BCUT2D eigenvalue weighted by Gasteiger charge is 2.36. The van der Waals surface area contributed by atoms with Crippen LogP contribution in [0.5, 0.6) is 5.75 Å². The Labute approximate surface area is 177 Å². The predicted octanol–water partition coefficient (Wildman–Crippen LogP) is 3.56. The summed E-state index contributed by atoms with van der Waals surface area (Å²) in [5.74, 6) is 1.77. The van der Waals surface area contributed by atoms with Crippen LogP contribution in [-0.4, -0.2) is 45.4 Å². The highest BCUT2D eigenvalue weighted by molar-refractivity contribution is 6.31. The first-order valence-electron chi connectivity index (χ1n) is 10.2. The molecule has 2 aromatic rings. The van der Waals surface area contributed by atoms with E-state index in [1.807, 2.05) is 24.3 Å². The number of aliphatic imine (C=N–C) groups is 1. The molecule has 2 aliphatic rings. The average Bonchev–Trinajstić information content (AvgIpc) is 3.18. The van der Waals surface area contributed by atoms with Gasteiger partial charge in [0.1, 0.15) is 11.9 Å². The Balaban J connectivity index is 1.37. The van der Waals surface area contributed by atoms with E-state index in [0.717, 1.165) is 55.8 Å². The number of fused-ring (bicyclic) bond motifs is 1. The first-order chi connectivity index (χ1) is 14.2. The molecule has 0 spiro atoms. The van der Waals surface area contributed by atoms with E-state index >= 15 is 0 Å². The SMILES string of the molecule is CN=C(NCC1Cc2ccccc2O1)NCC1(c2ccccc2Cl)CCOCC1. The molecule has 2 aromatic carbocycles. The molecule has 2 heterocycles. The van der Waals surface area contributed by atoms with Crippen molar-refractivity contribution in [1.29, 1.82) is 0 Å². The van der Waals surface area contributed by atoms with E-state index in [1.165, 1.54) is 11.1 Å². The van der Waals surface area contributed by atoms with Crippen LogP contribution in [0.4, 0.5) is 0 Å². The molecule has 0 bridgehead atoms. The Morgan fingerprint density at radius 2 is 1.86 bits per heavy atom. The zero-order valence-corrected chi connectivity index (χ0v) is 17.5. The van der Waals surface area contributed by atoms with Crippen LogP contribution >= 0.6 is 11.6 Å². The first kappa shape index (κ1) is 20.0. The molecule has 0 radical (unpaired) electrons. The van der Waals surface area contributed by atoms with Crippen LogP contribution in [0.3, 0.4) is 0 Å². The number of hydrogen-bond donors (Lipinski definition) is 2. The fourth-order valence-electron chi connectivity index (χ4n) is 4.25. The Morgan fingerprint density at radius 3 is 2.62 bits per heavy atom. The quantitative estimate of drug-likeness (QED) is 0.581. The van der Waals surface area contributed by atoms with Gasteiger partial charge in [-0.2, -0.15) is 0 Å². The molecular formula is C23H28ClN3O2. The Morgan fingerprint density at radius 1 is 1.10 bits per heavy atom. The van der Waals surface area contributed by atoms with E-state index in [-0.39, 0.29) is 11.5 Å². The lowest BCUT2D eigenvalue weighted by atomic mass is 9.74. The lowest BCUT2D eigenvalue weighted by Gasteiger charge is -2.38. The number of halogens is 1. The number of ether oxygens (including phenoxy) is 2. The van der Waals surface area contributed by atoms with Gasteiger partial charge in [0.2, 0.25) is 0 Å². The van der Waals surface area contributed by atoms with Gasteiger partial charge in [0.05, 0.1) is 6.54 Å². The molecule has 0 aliphatic carbocycles. The molecule has 1 saturated heterocycles. The van der Waals surface area contributed by atoms with E-state index in [9.17, 15) is 0 Å². The summed E-state index contributed by atoms with van der Waals surface area (Å²) in [7, 11) is 1.80. The van der Waals surface area contributed by atoms with E-state index in [2.05, 4.69) is 39.9 Å². The Hall–Kier alpha value is -2.24. The van der Waals surface area contributed by atoms with Gasteiger partial charge in [0.15, 0.2) is 5.96 Å². The molecule has 0 amide bonds. The summed E-state index contributed by atoms with van der Waals surface area (Å²) in [5.41, 5.74) is 2.39. The molecule has 5 nitrogen and oxygen atoms in total. The summed E-state index contributed by atoms with van der Waals surface area (Å²) >= 11 is 6.56. The average molecular weight is 414 g/mol. The summed E-state index contributed by atoms with van der Waals surface area (Å²) in [6, 6.07) is 16.4. The summed E-state index contributed by atoms with van der Waals surface area (Å²) in [6.45, 7) is 2.95. The maximum absolute atomic E-state index is 6.56. The summed E-state index contributed by atoms with van der Waals surface area (Å²) in [4.78, 5) is 4.40. The second-order valence-corrected chi connectivity index (χ2v) is 8.14. The van der Waals surface area contributed by atoms with E-state index in [1.54, 1.807) is 7.05 Å². The van der Waals surface area contributed by atoms with Crippen molar-refractivity contribution in [3.8, 4) is 5.75 Å². The summed E-state index contributed by atoms with van der Waals surface area (Å²) in [6.07, 6.45) is 2.90. The van der Waals surface area contributed by atoms with Crippen molar-refractivity contribution in [3.05, 3.63) is 64.7 Å². The molecule has 0 aromatic heterocycles. The second kappa shape index (κ2) is 9.06. The maximum Gasteiger partial charge on any atom is 0.191 e. The van der Waals surface area contributed by atoms with Crippen molar-refractivity contribution >= 4 is 17.6 Å². The molecule has 154 valence electrons. The van der Waals surface area contributed by atoms with Crippen LogP contribution in [0.25, 0.3) is 0 Å². The molecule has 4 rings (SSSR count). The number of para-hydroxylation sites is 1. The minimum Gasteiger partial charge on any atom is -0.488 e. The topological polar surface area (TPSA) is 54.9 Å². The number of benzene rings is 2. The molecular weight excluding hydrogens is 386 g/mol. The second-order valence-electron chi connectivity index (χ2n) is 7.73. The fraction of sp³-hybridized carbons (Fsp3) is 0.435. The van der Waals surface area contributed by atoms with Crippen molar-refractivity contribution in [2.75, 3.05) is 33.4 Å². The molecule has 29 heavy (non-hydrogen) atoms. The monoisotopic (exact) mass is 413 g/mol. The van der Waals surface area contributed by atoms with Gasteiger partial charge in [-0.1, -0.05) is 48.0 Å². The smallest absolute Gasteiger partial charge is 0.191 e. The third-order valence-corrected chi connectivity index (χ3v) is 6.25. The number of nitrogens with zero attached hydrogens (tertiary/aromatic N) is 1. The van der Waals surface area contributed by atoms with Gasteiger partial charge in [-0.25, -0.2) is 0 Å². The highest BCUT2D eigenvalue weighted by Crippen LogP contribution is 2.38. The van der Waals surface area contributed by atoms with Crippen molar-refractivity contribution in [1.82, 2.24) is 10.6 Å². The lowest BCUT2D eigenvalue weighted by Crippen LogP contribution is -2.49. The maximum atomic E-state index is 6.56. The van der Waals surface area contributed by atoms with Gasteiger partial charge in [-0.15, -0.1) is 0 Å². The molecule has 0 saturated carbocycles. The van der Waals surface area contributed by atoms with Gasteiger partial charge in [-0.3, -0.25) is 4.99 Å². The van der Waals surface area contributed by atoms with Gasteiger partial charge in [0, 0.05) is 43.7 Å². The van der Waals surface area contributed by atoms with Crippen molar-refractivity contribution < 1.29 is 9.47 Å². The minimum atomic E-state index is -0.0612. The summed E-state index contributed by atoms with van der Waals surface area (Å²) < 4.78 is 11.7. The van der Waals surface area contributed by atoms with Crippen LogP contribution in [0.15, 0.2) is 53.5 Å². The number of guanidine groups is 1. The number of nitrogens with one attached hydrogen (secondary N) is 2. The standard InChI is InChI=1S/C23H28ClN3O2/c1-25-22(26-15-18-14-17-6-2-5-9-21(17)29-18)27-16-23(10-12-28-13-11-23)19-7-3-4-8-20(19)24/h2-9,18H,10-16H2,1H3,(H2,25,26,27). The zero-order valence-electron chi connectivity index (χ0n) is 16.8. The zero-order chi connectivity index (χ0) is 20.1. The Kier molecular flexibility index (Phi) is 6.26.